The first-order chi connectivity index (χ1) is 24.3. The van der Waals surface area contributed by atoms with Crippen molar-refractivity contribution >= 4 is 41.7 Å². The molecule has 0 aromatic carbocycles. The summed E-state index contributed by atoms with van der Waals surface area (Å²) in [4.78, 5) is 82.9. The molecule has 0 aliphatic rings. The van der Waals surface area contributed by atoms with E-state index in [1.54, 1.807) is 13.8 Å². The molecule has 0 unspecified atom stereocenters. The van der Waals surface area contributed by atoms with Gasteiger partial charge in [0.25, 0.3) is 0 Å². The smallest absolute Gasteiger partial charge is 0.307 e. The summed E-state index contributed by atoms with van der Waals surface area (Å²) in [5.74, 6) is -11.7. The highest BCUT2D eigenvalue weighted by Gasteiger charge is 2.37. The van der Waals surface area contributed by atoms with Crippen LogP contribution in [0, 0.1) is 23.7 Å². The summed E-state index contributed by atoms with van der Waals surface area (Å²) in [6.45, 7) is 8.62. The van der Waals surface area contributed by atoms with Crippen LogP contribution in [0.1, 0.15) is 131 Å². The van der Waals surface area contributed by atoms with E-state index in [0.717, 1.165) is 25.7 Å². The van der Waals surface area contributed by atoms with Gasteiger partial charge in [0.15, 0.2) is 0 Å². The molecule has 0 aliphatic carbocycles. The van der Waals surface area contributed by atoms with Crippen molar-refractivity contribution in [3.63, 3.8) is 0 Å². The molecule has 0 saturated heterocycles. The van der Waals surface area contributed by atoms with Crippen molar-refractivity contribution in [3.8, 4) is 0 Å². The second-order valence-electron chi connectivity index (χ2n) is 14.1. The Labute approximate surface area is 305 Å². The minimum absolute atomic E-state index is 0.110. The van der Waals surface area contributed by atoms with Crippen LogP contribution in [-0.2, 0) is 43.0 Å². The number of carboxylic acid groups (broad SMARTS) is 4. The zero-order valence-electron chi connectivity index (χ0n) is 31.2. The molecule has 0 heterocycles. The molecule has 0 saturated carbocycles. The molecule has 0 fully saturated rings. The second kappa shape index (κ2) is 26.0. The first-order valence-corrected chi connectivity index (χ1v) is 18.2. The Morgan fingerprint density at radius 3 is 1.60 bits per heavy atom. The van der Waals surface area contributed by atoms with Crippen LogP contribution < -0.4 is 5.32 Å². The van der Waals surface area contributed by atoms with Gasteiger partial charge in [0, 0.05) is 13.3 Å². The maximum Gasteiger partial charge on any atom is 0.307 e. The Morgan fingerprint density at radius 2 is 1.13 bits per heavy atom. The Hall–Kier alpha value is -3.79. The van der Waals surface area contributed by atoms with E-state index in [9.17, 15) is 54.0 Å². The number of unbranched alkanes of at least 4 members (excludes halogenated alkanes) is 4. The first-order valence-electron chi connectivity index (χ1n) is 18.2. The lowest BCUT2D eigenvalue weighted by Crippen LogP contribution is -2.42. The first kappa shape index (κ1) is 48.2. The van der Waals surface area contributed by atoms with Crippen LogP contribution in [0.25, 0.3) is 0 Å². The zero-order valence-corrected chi connectivity index (χ0v) is 31.2. The van der Waals surface area contributed by atoms with Crippen molar-refractivity contribution in [2.24, 2.45) is 23.7 Å². The number of esters is 2. The molecule has 0 aliphatic heterocycles. The van der Waals surface area contributed by atoms with Crippen LogP contribution in [0.5, 0.6) is 0 Å². The number of aliphatic carboxylic acids is 4. The summed E-state index contributed by atoms with van der Waals surface area (Å²) in [6, 6.07) is -0.489. The number of carboxylic acids is 4. The molecule has 0 aromatic heterocycles. The fourth-order valence-corrected chi connectivity index (χ4v) is 5.99. The summed E-state index contributed by atoms with van der Waals surface area (Å²) < 4.78 is 11.5. The minimum Gasteiger partial charge on any atom is -0.481 e. The van der Waals surface area contributed by atoms with Crippen LogP contribution in [0.3, 0.4) is 0 Å². The van der Waals surface area contributed by atoms with Crippen LogP contribution in [-0.4, -0.2) is 103 Å². The quantitative estimate of drug-likeness (QED) is 0.0407. The van der Waals surface area contributed by atoms with Gasteiger partial charge in [-0.1, -0.05) is 65.7 Å². The van der Waals surface area contributed by atoms with Gasteiger partial charge >= 0.3 is 35.8 Å². The number of amides is 1. The van der Waals surface area contributed by atoms with E-state index >= 15 is 0 Å². The van der Waals surface area contributed by atoms with Crippen molar-refractivity contribution in [3.05, 3.63) is 0 Å². The molecule has 300 valence electrons. The Kier molecular flexibility index (Phi) is 24.2. The van der Waals surface area contributed by atoms with Crippen LogP contribution in [0.15, 0.2) is 0 Å². The molecule has 16 heteroatoms. The lowest BCUT2D eigenvalue weighted by molar-refractivity contribution is -0.177. The van der Waals surface area contributed by atoms with Crippen molar-refractivity contribution in [2.75, 3.05) is 0 Å². The molecular weight excluding hydrogens is 686 g/mol. The molecular formula is C36H61NO15. The van der Waals surface area contributed by atoms with Gasteiger partial charge in [0.2, 0.25) is 5.91 Å². The van der Waals surface area contributed by atoms with Gasteiger partial charge in [0.05, 0.1) is 55.8 Å². The van der Waals surface area contributed by atoms with Crippen LogP contribution >= 0.6 is 0 Å². The highest BCUT2D eigenvalue weighted by molar-refractivity contribution is 5.84. The molecule has 9 atom stereocenters. The second-order valence-corrected chi connectivity index (χ2v) is 14.1. The summed E-state index contributed by atoms with van der Waals surface area (Å²) in [6.07, 6.45) is -0.416. The number of aliphatic hydroxyl groups excluding tert-OH is 2. The third kappa shape index (κ3) is 22.2. The van der Waals surface area contributed by atoms with Gasteiger partial charge in [-0.15, -0.1) is 0 Å². The van der Waals surface area contributed by atoms with Crippen molar-refractivity contribution in [1.29, 1.82) is 0 Å². The lowest BCUT2D eigenvalue weighted by Gasteiger charge is -2.33. The third-order valence-electron chi connectivity index (χ3n) is 9.00. The summed E-state index contributed by atoms with van der Waals surface area (Å²) in [5.41, 5.74) is 0. The van der Waals surface area contributed by atoms with Gasteiger partial charge in [-0.05, 0) is 38.0 Å². The van der Waals surface area contributed by atoms with Gasteiger partial charge < -0.3 is 45.4 Å². The summed E-state index contributed by atoms with van der Waals surface area (Å²) in [7, 11) is 0. The summed E-state index contributed by atoms with van der Waals surface area (Å²) >= 11 is 0. The minimum atomic E-state index is -1.56. The maximum absolute atomic E-state index is 13.1. The molecule has 0 aromatic rings. The van der Waals surface area contributed by atoms with Crippen molar-refractivity contribution < 1.29 is 73.7 Å². The SMILES string of the molecule is CCCC[C@H](C)[C@H](OC(=O)C[C@H](CC(=O)O)C(=O)O)[C@H](C[C@H](C)CCCCCC[C@H](O)C[C@H](O)[C@@H](C)NC(C)=O)OC(=O)C[C@@H](CC(=O)O)C(=O)O. The monoisotopic (exact) mass is 747 g/mol. The number of hydrogen-bond acceptors (Lipinski definition) is 11. The van der Waals surface area contributed by atoms with E-state index in [0.29, 0.717) is 32.1 Å². The van der Waals surface area contributed by atoms with Crippen LogP contribution in [0.2, 0.25) is 0 Å². The molecule has 0 bridgehead atoms. The van der Waals surface area contributed by atoms with Crippen LogP contribution in [0.4, 0.5) is 0 Å². The zero-order chi connectivity index (χ0) is 40.0. The number of aliphatic hydroxyl groups is 2. The molecule has 1 amide bonds. The number of rotatable bonds is 30. The predicted octanol–water partition coefficient (Wildman–Crippen LogP) is 3.77. The average molecular weight is 748 g/mol. The highest BCUT2D eigenvalue weighted by Crippen LogP contribution is 2.29. The van der Waals surface area contributed by atoms with E-state index < -0.39 is 110 Å². The van der Waals surface area contributed by atoms with E-state index in [4.69, 9.17) is 19.7 Å². The summed E-state index contributed by atoms with van der Waals surface area (Å²) in [5, 5.41) is 60.2. The fraction of sp³-hybridized carbons (Fsp3) is 0.806. The number of carbonyl (C=O) groups excluding carboxylic acids is 3. The van der Waals surface area contributed by atoms with Crippen molar-refractivity contribution in [2.45, 2.75) is 161 Å². The molecule has 16 nitrogen and oxygen atoms in total. The predicted molar refractivity (Wildman–Crippen MR) is 186 cm³/mol. The lowest BCUT2D eigenvalue weighted by atomic mass is 9.87. The number of ether oxygens (including phenoxy) is 2. The largest absolute Gasteiger partial charge is 0.481 e. The van der Waals surface area contributed by atoms with E-state index in [1.165, 1.54) is 6.92 Å². The molecule has 0 spiro atoms. The fourth-order valence-electron chi connectivity index (χ4n) is 5.99. The Morgan fingerprint density at radius 1 is 0.635 bits per heavy atom. The van der Waals surface area contributed by atoms with Crippen molar-refractivity contribution in [1.82, 2.24) is 5.32 Å². The molecule has 7 N–H and O–H groups in total. The number of hydrogen-bond donors (Lipinski definition) is 7. The van der Waals surface area contributed by atoms with Gasteiger partial charge in [-0.2, -0.15) is 0 Å². The molecule has 52 heavy (non-hydrogen) atoms. The van der Waals surface area contributed by atoms with E-state index in [1.807, 2.05) is 13.8 Å². The molecule has 0 radical (unpaired) electrons. The third-order valence-corrected chi connectivity index (χ3v) is 9.00. The standard InChI is InChI=1S/C36H61NO15/c1-6-7-13-22(3)34(52-33(46)19-26(36(49)50)17-31(43)44)29(51-32(45)18-25(35(47)48)16-30(41)42)15-21(2)12-10-8-9-11-14-27(39)20-28(40)23(4)37-24(5)38/h21-23,25-29,34,39-40H,6-20H2,1-5H3,(H,37,38)(H,41,42)(H,43,44)(H,47,48)(H,49,50)/t21-,22+,23-,25-,26+,27+,28+,29+,34+/m1/s1. The average Bonchev–Trinajstić information content (AvgIpc) is 3.02. The van der Waals surface area contributed by atoms with Gasteiger partial charge in [0.1, 0.15) is 12.2 Å². The number of carbonyl (C=O) groups is 7. The maximum atomic E-state index is 13.1. The number of nitrogens with one attached hydrogen (secondary N) is 1. The molecule has 0 rings (SSSR count). The van der Waals surface area contributed by atoms with E-state index in [-0.39, 0.29) is 24.7 Å². The normalized spacial score (nSPS) is 16.5. The highest BCUT2D eigenvalue weighted by atomic mass is 16.6. The Balaban J connectivity index is 5.75. The topological polar surface area (TPSA) is 271 Å². The van der Waals surface area contributed by atoms with Gasteiger partial charge in [-0.25, -0.2) is 0 Å². The van der Waals surface area contributed by atoms with E-state index in [2.05, 4.69) is 5.32 Å². The Bertz CT molecular complexity index is 1140. The van der Waals surface area contributed by atoms with Gasteiger partial charge in [-0.3, -0.25) is 33.6 Å².